The van der Waals surface area contributed by atoms with Gasteiger partial charge in [-0.05, 0) is 90.7 Å². The second kappa shape index (κ2) is 11.4. The van der Waals surface area contributed by atoms with Gasteiger partial charge in [-0.2, -0.15) is 0 Å². The fourth-order valence-electron chi connectivity index (χ4n) is 5.95. The van der Waals surface area contributed by atoms with Gasteiger partial charge in [0.2, 0.25) is 5.91 Å². The number of carbonyl (C=O) groups is 1. The van der Waals surface area contributed by atoms with E-state index in [2.05, 4.69) is 28.4 Å². The molecule has 1 fully saturated rings. The number of amides is 1. The molecule has 0 bridgehead atoms. The molecule has 3 aromatic carbocycles. The molecule has 0 radical (unpaired) electrons. The van der Waals surface area contributed by atoms with Crippen molar-refractivity contribution in [2.45, 2.75) is 69.4 Å². The van der Waals surface area contributed by atoms with Crippen LogP contribution < -0.4 is 5.32 Å². The lowest BCUT2D eigenvalue weighted by Gasteiger charge is -2.29. The molecule has 0 aromatic heterocycles. The lowest BCUT2D eigenvalue weighted by atomic mass is 9.86. The third-order valence-corrected chi connectivity index (χ3v) is 9.81. The van der Waals surface area contributed by atoms with Gasteiger partial charge in [-0.3, -0.25) is 9.69 Å². The molecule has 5 rings (SSSR count). The van der Waals surface area contributed by atoms with Crippen LogP contribution in [0.15, 0.2) is 65.6 Å². The van der Waals surface area contributed by atoms with Crippen molar-refractivity contribution in [3.8, 4) is 0 Å². The molecule has 1 unspecified atom stereocenters. The van der Waals surface area contributed by atoms with Crippen LogP contribution in [0.25, 0.3) is 10.8 Å². The molecule has 1 aliphatic heterocycles. The van der Waals surface area contributed by atoms with Crippen molar-refractivity contribution >= 4 is 26.5 Å². The van der Waals surface area contributed by atoms with Gasteiger partial charge >= 0.3 is 0 Å². The van der Waals surface area contributed by atoms with E-state index in [0.29, 0.717) is 4.90 Å². The van der Waals surface area contributed by atoms with Crippen molar-refractivity contribution in [3.63, 3.8) is 0 Å². The minimum atomic E-state index is -3.48. The van der Waals surface area contributed by atoms with E-state index in [1.165, 1.54) is 49.0 Å². The van der Waals surface area contributed by atoms with Gasteiger partial charge < -0.3 is 5.32 Å². The highest BCUT2D eigenvalue weighted by Gasteiger charge is 2.25. The van der Waals surface area contributed by atoms with Crippen LogP contribution >= 0.6 is 0 Å². The Bertz CT molecular complexity index is 1360. The number of nitrogens with one attached hydrogen (secondary N) is 1. The van der Waals surface area contributed by atoms with Crippen molar-refractivity contribution in [2.75, 3.05) is 18.8 Å². The number of hydrogen-bond acceptors (Lipinski definition) is 4. The molecule has 196 valence electrons. The molecule has 5 nitrogen and oxygen atoms in total. The minimum absolute atomic E-state index is 0.00424. The van der Waals surface area contributed by atoms with E-state index >= 15 is 0 Å². The normalized spacial score (nSPS) is 19.3. The predicted octanol–water partition coefficient (Wildman–Crippen LogP) is 5.82. The van der Waals surface area contributed by atoms with Crippen LogP contribution in [-0.2, 0) is 27.6 Å². The highest BCUT2D eigenvalue weighted by molar-refractivity contribution is 7.91. The van der Waals surface area contributed by atoms with E-state index in [1.807, 2.05) is 37.3 Å². The van der Waals surface area contributed by atoms with Crippen LogP contribution in [0.2, 0.25) is 0 Å². The largest absolute Gasteiger partial charge is 0.349 e. The third kappa shape index (κ3) is 6.42. The third-order valence-electron chi connectivity index (χ3n) is 7.83. The van der Waals surface area contributed by atoms with Gasteiger partial charge in [0, 0.05) is 13.0 Å². The van der Waals surface area contributed by atoms with E-state index in [-0.39, 0.29) is 30.0 Å². The predicted molar refractivity (Wildman–Crippen MR) is 149 cm³/mol. The number of rotatable bonds is 8. The summed E-state index contributed by atoms with van der Waals surface area (Å²) in [6.45, 7) is 5.22. The number of hydrogen-bond donors (Lipinski definition) is 1. The van der Waals surface area contributed by atoms with Gasteiger partial charge in [0.25, 0.3) is 0 Å². The highest BCUT2D eigenvalue weighted by Crippen LogP contribution is 2.31. The molecule has 37 heavy (non-hydrogen) atoms. The zero-order valence-corrected chi connectivity index (χ0v) is 22.6. The summed E-state index contributed by atoms with van der Waals surface area (Å²) in [5, 5.41) is 5.13. The number of likely N-dealkylation sites (tertiary alicyclic amines) is 1. The van der Waals surface area contributed by atoms with Crippen molar-refractivity contribution in [1.29, 1.82) is 0 Å². The van der Waals surface area contributed by atoms with Gasteiger partial charge in [-0.1, -0.05) is 61.9 Å². The molecule has 2 aliphatic rings. The molecule has 1 N–H and O–H groups in total. The number of piperidine rings is 1. The van der Waals surface area contributed by atoms with Gasteiger partial charge in [-0.15, -0.1) is 0 Å². The topological polar surface area (TPSA) is 66.5 Å². The minimum Gasteiger partial charge on any atom is -0.349 e. The molecule has 1 saturated heterocycles. The molecule has 3 aromatic rings. The first kappa shape index (κ1) is 25.9. The molecule has 1 amide bonds. The maximum atomic E-state index is 13.1. The molecule has 0 saturated carbocycles. The fourth-order valence-corrected chi connectivity index (χ4v) is 7.59. The molecule has 2 atom stereocenters. The zero-order valence-electron chi connectivity index (χ0n) is 21.8. The summed E-state index contributed by atoms with van der Waals surface area (Å²) < 4.78 is 26.1. The molecule has 6 heteroatoms. The quantitative estimate of drug-likeness (QED) is 0.408. The van der Waals surface area contributed by atoms with Crippen molar-refractivity contribution in [2.24, 2.45) is 5.92 Å². The number of benzene rings is 3. The first-order valence-electron chi connectivity index (χ1n) is 13.7. The van der Waals surface area contributed by atoms with Gasteiger partial charge in [0.05, 0.1) is 16.7 Å². The zero-order chi connectivity index (χ0) is 25.8. The van der Waals surface area contributed by atoms with E-state index in [9.17, 15) is 13.2 Å². The maximum absolute atomic E-state index is 13.1. The van der Waals surface area contributed by atoms with Crippen LogP contribution in [0.3, 0.4) is 0 Å². The summed E-state index contributed by atoms with van der Waals surface area (Å²) in [4.78, 5) is 15.8. The second-order valence-corrected chi connectivity index (χ2v) is 13.0. The Morgan fingerprint density at radius 1 is 0.973 bits per heavy atom. The highest BCUT2D eigenvalue weighted by atomic mass is 32.2. The van der Waals surface area contributed by atoms with E-state index in [1.54, 1.807) is 12.1 Å². The Labute approximate surface area is 221 Å². The smallest absolute Gasteiger partial charge is 0.220 e. The maximum Gasteiger partial charge on any atom is 0.220 e. The number of fused-ring (bicyclic) bond motifs is 2. The van der Waals surface area contributed by atoms with Crippen molar-refractivity contribution < 1.29 is 13.2 Å². The average Bonchev–Trinajstić information content (AvgIpc) is 2.88. The molecule has 1 aliphatic carbocycles. The summed E-state index contributed by atoms with van der Waals surface area (Å²) in [5.74, 6) is -0.386. The van der Waals surface area contributed by atoms with Gasteiger partial charge in [0.1, 0.15) is 0 Å². The van der Waals surface area contributed by atoms with Crippen LogP contribution in [0.5, 0.6) is 0 Å². The Balaban J connectivity index is 1.19. The van der Waals surface area contributed by atoms with Crippen molar-refractivity contribution in [1.82, 2.24) is 10.2 Å². The first-order chi connectivity index (χ1) is 17.9. The van der Waals surface area contributed by atoms with E-state index in [4.69, 9.17) is 0 Å². The summed E-state index contributed by atoms with van der Waals surface area (Å²) in [7, 11) is -3.48. The van der Waals surface area contributed by atoms with Crippen LogP contribution in [0, 0.1) is 5.92 Å². The number of sulfone groups is 1. The molecule has 1 heterocycles. The number of nitrogens with zero attached hydrogens (tertiary/aromatic N) is 1. The van der Waals surface area contributed by atoms with E-state index in [0.717, 1.165) is 36.6 Å². The van der Waals surface area contributed by atoms with Crippen LogP contribution in [0.4, 0.5) is 0 Å². The Hall–Kier alpha value is -2.70. The second-order valence-electron chi connectivity index (χ2n) is 11.0. The van der Waals surface area contributed by atoms with Gasteiger partial charge in [0.15, 0.2) is 9.84 Å². The standard InChI is InChI=1S/C31H38N2O3S/c1-23(22-37(35,36)28-14-13-25-8-3-4-9-26(25)20-28)18-31(34)32-30-11-7-10-27-19-24(12-15-29(27)30)21-33-16-5-2-6-17-33/h3-4,8-9,12-15,19-20,23,30H,2,5-7,10-11,16-18,21-22H2,1H3,(H,32,34)/t23?,30-/m1/s1. The van der Waals surface area contributed by atoms with Crippen molar-refractivity contribution in [3.05, 3.63) is 77.4 Å². The number of aryl methyl sites for hydroxylation is 1. The van der Waals surface area contributed by atoms with Crippen LogP contribution in [0.1, 0.15) is 68.2 Å². The SMILES string of the molecule is CC(CC(=O)N[C@@H]1CCCc2cc(CN3CCCCC3)ccc21)CS(=O)(=O)c1ccc2ccccc2c1. The Morgan fingerprint density at radius 2 is 1.76 bits per heavy atom. The van der Waals surface area contributed by atoms with E-state index < -0.39 is 9.84 Å². The summed E-state index contributed by atoms with van der Waals surface area (Å²) in [6, 6.07) is 19.7. The molecule has 0 spiro atoms. The van der Waals surface area contributed by atoms with Crippen LogP contribution in [-0.4, -0.2) is 38.1 Å². The Kier molecular flexibility index (Phi) is 7.96. The number of carbonyl (C=O) groups excluding carboxylic acids is 1. The first-order valence-corrected chi connectivity index (χ1v) is 15.4. The fraction of sp³-hybridized carbons (Fsp3) is 0.452. The summed E-state index contributed by atoms with van der Waals surface area (Å²) in [6.07, 6.45) is 7.16. The Morgan fingerprint density at radius 3 is 2.57 bits per heavy atom. The summed E-state index contributed by atoms with van der Waals surface area (Å²) >= 11 is 0. The molecular formula is C31H38N2O3S. The lowest BCUT2D eigenvalue weighted by Crippen LogP contribution is -2.33. The lowest BCUT2D eigenvalue weighted by molar-refractivity contribution is -0.122. The van der Waals surface area contributed by atoms with Gasteiger partial charge in [-0.25, -0.2) is 8.42 Å². The molecular weight excluding hydrogens is 480 g/mol. The summed E-state index contributed by atoms with van der Waals surface area (Å²) in [5.41, 5.74) is 3.93. The monoisotopic (exact) mass is 518 g/mol. The average molecular weight is 519 g/mol.